The van der Waals surface area contributed by atoms with Crippen LogP contribution in [0.4, 0.5) is 0 Å². The zero-order chi connectivity index (χ0) is 13.7. The zero-order valence-corrected chi connectivity index (χ0v) is 10.7. The van der Waals surface area contributed by atoms with Crippen LogP contribution in [0.1, 0.15) is 0 Å². The standard InChI is InChI=1S/C14H11N5O/c1-18-12-4-9(6-16-11(12)7-17-18)10-5-13-14(20)15-2-3-19(13)8-10/h2-8H,1H3,(H,15,20). The maximum Gasteiger partial charge on any atom is 0.272 e. The average molecular weight is 265 g/mol. The lowest BCUT2D eigenvalue weighted by atomic mass is 10.1. The number of pyridine rings is 1. The molecule has 0 radical (unpaired) electrons. The first kappa shape index (κ1) is 11.0. The van der Waals surface area contributed by atoms with Crippen LogP contribution in [0.15, 0.2) is 47.9 Å². The number of hydrogen-bond acceptors (Lipinski definition) is 3. The van der Waals surface area contributed by atoms with Gasteiger partial charge in [0.25, 0.3) is 5.56 Å². The Morgan fingerprint density at radius 2 is 2.00 bits per heavy atom. The Bertz CT molecular complexity index is 992. The van der Waals surface area contributed by atoms with E-state index in [1.165, 1.54) is 0 Å². The molecule has 0 amide bonds. The van der Waals surface area contributed by atoms with Gasteiger partial charge in [-0.1, -0.05) is 0 Å². The molecule has 0 fully saturated rings. The number of aryl methyl sites for hydroxylation is 1. The van der Waals surface area contributed by atoms with Crippen LogP contribution in [0.25, 0.3) is 27.7 Å². The number of hydrogen-bond donors (Lipinski definition) is 1. The fourth-order valence-electron chi connectivity index (χ4n) is 2.39. The summed E-state index contributed by atoms with van der Waals surface area (Å²) in [5, 5.41) is 4.18. The van der Waals surface area contributed by atoms with Crippen molar-refractivity contribution in [1.29, 1.82) is 0 Å². The average Bonchev–Trinajstić information content (AvgIpc) is 3.04. The van der Waals surface area contributed by atoms with Crippen LogP contribution in [0.5, 0.6) is 0 Å². The highest BCUT2D eigenvalue weighted by atomic mass is 16.1. The molecule has 6 nitrogen and oxygen atoms in total. The lowest BCUT2D eigenvalue weighted by molar-refractivity contribution is 0.797. The van der Waals surface area contributed by atoms with E-state index in [0.29, 0.717) is 5.52 Å². The number of aromatic amines is 1. The third kappa shape index (κ3) is 1.48. The first-order valence-electron chi connectivity index (χ1n) is 6.20. The molecule has 98 valence electrons. The summed E-state index contributed by atoms with van der Waals surface area (Å²) in [7, 11) is 1.88. The number of aromatic nitrogens is 5. The highest BCUT2D eigenvalue weighted by Gasteiger charge is 2.08. The van der Waals surface area contributed by atoms with E-state index >= 15 is 0 Å². The number of rotatable bonds is 1. The van der Waals surface area contributed by atoms with Gasteiger partial charge in [-0.2, -0.15) is 5.10 Å². The molecule has 0 aliphatic heterocycles. The fourth-order valence-corrected chi connectivity index (χ4v) is 2.39. The topological polar surface area (TPSA) is 68.0 Å². The molecule has 0 saturated heterocycles. The Hall–Kier alpha value is -2.89. The van der Waals surface area contributed by atoms with E-state index in [0.717, 1.165) is 22.2 Å². The van der Waals surface area contributed by atoms with Crippen LogP contribution in [0.2, 0.25) is 0 Å². The van der Waals surface area contributed by atoms with Gasteiger partial charge >= 0.3 is 0 Å². The molecule has 4 aromatic rings. The van der Waals surface area contributed by atoms with Gasteiger partial charge in [-0.05, 0) is 12.1 Å². The monoisotopic (exact) mass is 265 g/mol. The fraction of sp³-hybridized carbons (Fsp3) is 0.0714. The smallest absolute Gasteiger partial charge is 0.272 e. The highest BCUT2D eigenvalue weighted by molar-refractivity contribution is 5.81. The highest BCUT2D eigenvalue weighted by Crippen LogP contribution is 2.23. The van der Waals surface area contributed by atoms with Gasteiger partial charge in [0.05, 0.1) is 11.7 Å². The molecule has 1 N–H and O–H groups in total. The molecular formula is C14H11N5O. The van der Waals surface area contributed by atoms with Crippen molar-refractivity contribution in [3.63, 3.8) is 0 Å². The molecule has 0 aliphatic carbocycles. The van der Waals surface area contributed by atoms with Crippen molar-refractivity contribution in [2.24, 2.45) is 7.05 Å². The maximum absolute atomic E-state index is 11.7. The number of nitrogens with zero attached hydrogens (tertiary/aromatic N) is 4. The van der Waals surface area contributed by atoms with Gasteiger partial charge in [0, 0.05) is 43.0 Å². The Kier molecular flexibility index (Phi) is 2.09. The summed E-state index contributed by atoms with van der Waals surface area (Å²) in [4.78, 5) is 18.8. The van der Waals surface area contributed by atoms with Crippen LogP contribution >= 0.6 is 0 Å². The SMILES string of the molecule is Cn1ncc2ncc(-c3cc4c(=O)[nH]ccn4c3)cc21. The molecule has 0 atom stereocenters. The summed E-state index contributed by atoms with van der Waals surface area (Å²) in [6.45, 7) is 0. The van der Waals surface area contributed by atoms with Gasteiger partial charge in [-0.25, -0.2) is 0 Å². The molecule has 4 rings (SSSR count). The van der Waals surface area contributed by atoms with Gasteiger partial charge in [-0.15, -0.1) is 0 Å². The minimum absolute atomic E-state index is 0.103. The maximum atomic E-state index is 11.7. The summed E-state index contributed by atoms with van der Waals surface area (Å²) < 4.78 is 3.59. The van der Waals surface area contributed by atoms with Crippen molar-refractivity contribution >= 4 is 16.6 Å². The molecular weight excluding hydrogens is 254 g/mol. The summed E-state index contributed by atoms with van der Waals surface area (Å²) >= 11 is 0. The molecule has 0 spiro atoms. The van der Waals surface area contributed by atoms with Gasteiger partial charge in [0.1, 0.15) is 11.0 Å². The van der Waals surface area contributed by atoms with Gasteiger partial charge in [-0.3, -0.25) is 14.5 Å². The first-order chi connectivity index (χ1) is 9.72. The Morgan fingerprint density at radius 3 is 2.85 bits per heavy atom. The number of H-pyrrole nitrogens is 1. The van der Waals surface area contributed by atoms with Crippen molar-refractivity contribution in [3.05, 3.63) is 53.5 Å². The lowest BCUT2D eigenvalue weighted by Gasteiger charge is -1.98. The quantitative estimate of drug-likeness (QED) is 0.568. The van der Waals surface area contributed by atoms with Crippen molar-refractivity contribution in [3.8, 4) is 11.1 Å². The van der Waals surface area contributed by atoms with E-state index in [1.807, 2.05) is 36.0 Å². The van der Waals surface area contributed by atoms with Crippen LogP contribution in [-0.2, 0) is 7.05 Å². The van der Waals surface area contributed by atoms with Gasteiger partial charge in [0.15, 0.2) is 0 Å². The van der Waals surface area contributed by atoms with Crippen LogP contribution in [0.3, 0.4) is 0 Å². The van der Waals surface area contributed by atoms with Crippen molar-refractivity contribution in [2.45, 2.75) is 0 Å². The van der Waals surface area contributed by atoms with E-state index in [-0.39, 0.29) is 5.56 Å². The predicted molar refractivity (Wildman–Crippen MR) is 75.5 cm³/mol. The van der Waals surface area contributed by atoms with Gasteiger partial charge < -0.3 is 9.38 Å². The van der Waals surface area contributed by atoms with Crippen molar-refractivity contribution in [1.82, 2.24) is 24.1 Å². The molecule has 4 heterocycles. The van der Waals surface area contributed by atoms with Crippen LogP contribution in [-0.4, -0.2) is 24.1 Å². The largest absolute Gasteiger partial charge is 0.326 e. The second-order valence-corrected chi connectivity index (χ2v) is 4.71. The summed E-state index contributed by atoms with van der Waals surface area (Å²) in [6.07, 6.45) is 8.90. The summed E-state index contributed by atoms with van der Waals surface area (Å²) in [5.41, 5.74) is 4.26. The van der Waals surface area contributed by atoms with E-state index < -0.39 is 0 Å². The normalized spacial score (nSPS) is 11.4. The van der Waals surface area contributed by atoms with E-state index in [2.05, 4.69) is 15.1 Å². The second-order valence-electron chi connectivity index (χ2n) is 4.71. The number of nitrogens with one attached hydrogen (secondary N) is 1. The predicted octanol–water partition coefficient (Wildman–Crippen LogP) is 1.58. The van der Waals surface area contributed by atoms with E-state index in [4.69, 9.17) is 0 Å². The minimum Gasteiger partial charge on any atom is -0.326 e. The van der Waals surface area contributed by atoms with Crippen molar-refractivity contribution in [2.75, 3.05) is 0 Å². The van der Waals surface area contributed by atoms with Gasteiger partial charge in [0.2, 0.25) is 0 Å². The van der Waals surface area contributed by atoms with E-state index in [1.54, 1.807) is 23.3 Å². The Labute approximate surface area is 113 Å². The molecule has 0 aliphatic rings. The molecule has 0 saturated carbocycles. The molecule has 4 aromatic heterocycles. The molecule has 6 heteroatoms. The van der Waals surface area contributed by atoms with Crippen molar-refractivity contribution < 1.29 is 0 Å². The first-order valence-corrected chi connectivity index (χ1v) is 6.20. The molecule has 0 unspecified atom stereocenters. The third-order valence-electron chi connectivity index (χ3n) is 3.46. The lowest BCUT2D eigenvalue weighted by Crippen LogP contribution is -2.06. The molecule has 20 heavy (non-hydrogen) atoms. The number of fused-ring (bicyclic) bond motifs is 2. The van der Waals surface area contributed by atoms with Crippen LogP contribution < -0.4 is 5.56 Å². The zero-order valence-electron chi connectivity index (χ0n) is 10.7. The second kappa shape index (κ2) is 3.80. The molecule has 0 bridgehead atoms. The van der Waals surface area contributed by atoms with Crippen LogP contribution in [0, 0.1) is 0 Å². The minimum atomic E-state index is -0.103. The summed E-state index contributed by atoms with van der Waals surface area (Å²) in [6, 6.07) is 3.89. The Balaban J connectivity index is 1.98. The van der Waals surface area contributed by atoms with E-state index in [9.17, 15) is 4.79 Å². The Morgan fingerprint density at radius 1 is 1.15 bits per heavy atom. The molecule has 0 aromatic carbocycles. The third-order valence-corrected chi connectivity index (χ3v) is 3.46. The summed E-state index contributed by atoms with van der Waals surface area (Å²) in [5.74, 6) is 0.